The minimum atomic E-state index is -0.682. The molecule has 3 aliphatic rings. The molecule has 1 aliphatic heterocycles. The maximum atomic E-state index is 6.65. The number of para-hydroxylation sites is 4. The molecule has 3 nitrogen and oxygen atoms in total. The van der Waals surface area contributed by atoms with E-state index in [0.717, 1.165) is 72.8 Å². The maximum Gasteiger partial charge on any atom is 0.136 e. The van der Waals surface area contributed by atoms with Crippen molar-refractivity contribution in [2.45, 2.75) is 5.41 Å². The Morgan fingerprint density at radius 3 is 1.58 bits per heavy atom. The van der Waals surface area contributed by atoms with E-state index in [1.807, 2.05) is 0 Å². The molecule has 0 radical (unpaired) electrons. The molecule has 1 atom stereocenters. The molecule has 2 aliphatic carbocycles. The fraction of sp³-hybridized carbons (Fsp3) is 0.0137. The molecule has 16 rings (SSSR count). The summed E-state index contributed by atoms with van der Waals surface area (Å²) in [5.41, 5.74) is 27.1. The highest BCUT2D eigenvalue weighted by molar-refractivity contribution is 6.16. The summed E-state index contributed by atoms with van der Waals surface area (Å²) >= 11 is 0. The van der Waals surface area contributed by atoms with Crippen molar-refractivity contribution in [2.24, 2.45) is 0 Å². The lowest BCUT2D eigenvalue weighted by molar-refractivity contribution is 0.668. The Labute approximate surface area is 441 Å². The Hall–Kier alpha value is -9.96. The average molecular weight is 967 g/mol. The third-order valence-corrected chi connectivity index (χ3v) is 16.4. The van der Waals surface area contributed by atoms with Gasteiger partial charge in [-0.3, -0.25) is 0 Å². The van der Waals surface area contributed by atoms with Crippen LogP contribution in [0.1, 0.15) is 22.3 Å². The third-order valence-electron chi connectivity index (χ3n) is 16.4. The number of fused-ring (bicyclic) bond motifs is 21. The highest BCUT2D eigenvalue weighted by Crippen LogP contribution is 2.64. The van der Waals surface area contributed by atoms with Gasteiger partial charge in [-0.1, -0.05) is 212 Å². The monoisotopic (exact) mass is 966 g/mol. The number of anilines is 6. The molecule has 1 aromatic heterocycles. The molecule has 1 spiro atoms. The third kappa shape index (κ3) is 5.99. The first kappa shape index (κ1) is 42.5. The van der Waals surface area contributed by atoms with Crippen LogP contribution in [-0.4, -0.2) is 0 Å². The zero-order valence-corrected chi connectivity index (χ0v) is 41.4. The van der Waals surface area contributed by atoms with Gasteiger partial charge in [-0.2, -0.15) is 0 Å². The van der Waals surface area contributed by atoms with Gasteiger partial charge in [0.25, 0.3) is 0 Å². The average Bonchev–Trinajstić information content (AvgIpc) is 3.92. The minimum absolute atomic E-state index is 0.682. The second kappa shape index (κ2) is 16.5. The summed E-state index contributed by atoms with van der Waals surface area (Å²) < 4.78 is 6.65. The molecule has 12 aromatic carbocycles. The number of hydrogen-bond acceptors (Lipinski definition) is 3. The van der Waals surface area contributed by atoms with Gasteiger partial charge in [0, 0.05) is 44.5 Å². The first-order valence-electron chi connectivity index (χ1n) is 26.2. The van der Waals surface area contributed by atoms with E-state index in [4.69, 9.17) is 4.42 Å². The molecule has 0 N–H and O–H groups in total. The SMILES string of the molecule is c1ccc(-c2ccccc2N(c2ccc3c(c2)-c2ccccc2-c2ccccc2N3c2ccccc2)c2ccc3c(c2)-c2ccccc2-c2ccccc2C32c3ccccc3-c3c2ccc2oc4ccccc4c32)cc1. The molecule has 2 heterocycles. The van der Waals surface area contributed by atoms with Crippen LogP contribution in [0.3, 0.4) is 0 Å². The number of rotatable bonds is 5. The Bertz CT molecular complexity index is 4490. The van der Waals surface area contributed by atoms with E-state index in [9.17, 15) is 0 Å². The largest absolute Gasteiger partial charge is 0.456 e. The van der Waals surface area contributed by atoms with E-state index < -0.39 is 5.41 Å². The Kier molecular flexibility index (Phi) is 9.25. The lowest BCUT2D eigenvalue weighted by Crippen LogP contribution is -2.29. The predicted molar refractivity (Wildman–Crippen MR) is 315 cm³/mol. The van der Waals surface area contributed by atoms with Gasteiger partial charge in [-0.15, -0.1) is 0 Å². The van der Waals surface area contributed by atoms with Crippen molar-refractivity contribution >= 4 is 56.1 Å². The molecule has 354 valence electrons. The zero-order chi connectivity index (χ0) is 49.9. The van der Waals surface area contributed by atoms with Crippen LogP contribution in [0.4, 0.5) is 34.1 Å². The summed E-state index contributed by atoms with van der Waals surface area (Å²) in [6.45, 7) is 0. The van der Waals surface area contributed by atoms with Gasteiger partial charge < -0.3 is 14.2 Å². The summed E-state index contributed by atoms with van der Waals surface area (Å²) in [4.78, 5) is 4.94. The number of hydrogen-bond donors (Lipinski definition) is 0. The van der Waals surface area contributed by atoms with Crippen molar-refractivity contribution in [3.8, 4) is 66.8 Å². The number of nitrogens with zero attached hydrogens (tertiary/aromatic N) is 2. The zero-order valence-electron chi connectivity index (χ0n) is 41.4. The summed E-state index contributed by atoms with van der Waals surface area (Å²) in [5.74, 6) is 0. The van der Waals surface area contributed by atoms with Gasteiger partial charge in [0.2, 0.25) is 0 Å². The van der Waals surface area contributed by atoms with Gasteiger partial charge in [0.15, 0.2) is 0 Å². The van der Waals surface area contributed by atoms with Gasteiger partial charge in [-0.25, -0.2) is 0 Å². The van der Waals surface area contributed by atoms with E-state index in [1.165, 1.54) is 72.3 Å². The van der Waals surface area contributed by atoms with Crippen LogP contribution in [0.5, 0.6) is 0 Å². The molecule has 0 fully saturated rings. The van der Waals surface area contributed by atoms with E-state index in [2.05, 4.69) is 289 Å². The van der Waals surface area contributed by atoms with Crippen LogP contribution in [0.15, 0.2) is 283 Å². The predicted octanol–water partition coefficient (Wildman–Crippen LogP) is 19.9. The van der Waals surface area contributed by atoms with E-state index in [1.54, 1.807) is 0 Å². The van der Waals surface area contributed by atoms with Crippen LogP contribution >= 0.6 is 0 Å². The number of furan rings is 1. The quantitative estimate of drug-likeness (QED) is 0.171. The van der Waals surface area contributed by atoms with Crippen LogP contribution in [0.25, 0.3) is 88.7 Å². The van der Waals surface area contributed by atoms with Crippen LogP contribution < -0.4 is 9.80 Å². The van der Waals surface area contributed by atoms with E-state index in [-0.39, 0.29) is 0 Å². The standard InChI is InChI=1S/C73H46N2O/c1-3-21-47(22-4-1)51-25-13-18-36-66(51)74(50-40-43-68-61(46-50)55-29-10-8-27-53(55)57-31-14-19-37-67(57)75(68)48-23-5-2-6-24-48)49-39-41-64-60(45-49)54-28-9-7-26-52(54)56-30-11-16-34-62(56)73(64)63-35-17-12-32-58(63)71-65(73)42-44-70-72(71)59-33-15-20-38-69(59)76-70/h1-46H. The summed E-state index contributed by atoms with van der Waals surface area (Å²) in [6, 6.07) is 103. The van der Waals surface area contributed by atoms with Gasteiger partial charge in [0.05, 0.1) is 22.5 Å². The van der Waals surface area contributed by atoms with Crippen LogP contribution in [0, 0.1) is 0 Å². The molecule has 13 aromatic rings. The fourth-order valence-corrected chi connectivity index (χ4v) is 13.4. The Morgan fingerprint density at radius 1 is 0.316 bits per heavy atom. The molecule has 3 heteroatoms. The molecule has 0 saturated heterocycles. The first-order valence-corrected chi connectivity index (χ1v) is 26.2. The summed E-state index contributed by atoms with van der Waals surface area (Å²) in [6.07, 6.45) is 0. The van der Waals surface area contributed by atoms with Crippen molar-refractivity contribution < 1.29 is 4.42 Å². The normalized spacial score (nSPS) is 14.3. The molecular formula is C73H46N2O. The topological polar surface area (TPSA) is 19.6 Å². The summed E-state index contributed by atoms with van der Waals surface area (Å²) in [5, 5.41) is 2.30. The maximum absolute atomic E-state index is 6.65. The Balaban J connectivity index is 0.999. The second-order valence-corrected chi connectivity index (χ2v) is 20.2. The minimum Gasteiger partial charge on any atom is -0.456 e. The van der Waals surface area contributed by atoms with Crippen molar-refractivity contribution in [3.63, 3.8) is 0 Å². The Morgan fingerprint density at radius 2 is 0.816 bits per heavy atom. The lowest BCUT2D eigenvalue weighted by atomic mass is 9.66. The van der Waals surface area contributed by atoms with E-state index >= 15 is 0 Å². The molecule has 76 heavy (non-hydrogen) atoms. The highest BCUT2D eigenvalue weighted by Gasteiger charge is 2.50. The first-order chi connectivity index (χ1) is 37.7. The van der Waals surface area contributed by atoms with Gasteiger partial charge in [-0.05, 0) is 139 Å². The van der Waals surface area contributed by atoms with Gasteiger partial charge in [0.1, 0.15) is 11.2 Å². The smallest absolute Gasteiger partial charge is 0.136 e. The molecular weight excluding hydrogens is 921 g/mol. The van der Waals surface area contributed by atoms with Crippen molar-refractivity contribution in [2.75, 3.05) is 9.80 Å². The number of benzene rings is 12. The van der Waals surface area contributed by atoms with Crippen LogP contribution in [-0.2, 0) is 5.41 Å². The van der Waals surface area contributed by atoms with Crippen molar-refractivity contribution in [3.05, 3.63) is 301 Å². The fourth-order valence-electron chi connectivity index (χ4n) is 13.4. The molecule has 0 bridgehead atoms. The highest BCUT2D eigenvalue weighted by atomic mass is 16.3. The molecule has 0 amide bonds. The summed E-state index contributed by atoms with van der Waals surface area (Å²) in [7, 11) is 0. The second-order valence-electron chi connectivity index (χ2n) is 20.2. The molecule has 0 saturated carbocycles. The van der Waals surface area contributed by atoms with E-state index in [0.29, 0.717) is 0 Å². The van der Waals surface area contributed by atoms with Gasteiger partial charge >= 0.3 is 0 Å². The van der Waals surface area contributed by atoms with Crippen LogP contribution in [0.2, 0.25) is 0 Å². The lowest BCUT2D eigenvalue weighted by Gasteiger charge is -2.36. The van der Waals surface area contributed by atoms with Crippen molar-refractivity contribution in [1.82, 2.24) is 0 Å². The molecule has 1 unspecified atom stereocenters. The van der Waals surface area contributed by atoms with Crippen molar-refractivity contribution in [1.29, 1.82) is 0 Å².